The molecule has 0 aliphatic carbocycles. The van der Waals surface area contributed by atoms with E-state index in [-0.39, 0.29) is 0 Å². The normalized spacial score (nSPS) is 25.6. The van der Waals surface area contributed by atoms with Gasteiger partial charge in [0.15, 0.2) is 0 Å². The smallest absolute Gasteiger partial charge is 0.221 e. The molecule has 5 heteroatoms. The minimum Gasteiger partial charge on any atom is -0.465 e. The summed E-state index contributed by atoms with van der Waals surface area (Å²) >= 11 is 0. The average molecular weight is 263 g/mol. The lowest BCUT2D eigenvalue weighted by atomic mass is 10.1. The summed E-state index contributed by atoms with van der Waals surface area (Å²) in [6, 6.07) is 6.13. The van der Waals surface area contributed by atoms with Gasteiger partial charge in [-0.25, -0.2) is 0 Å². The summed E-state index contributed by atoms with van der Waals surface area (Å²) in [5, 5.41) is 2.28. The van der Waals surface area contributed by atoms with E-state index >= 15 is 0 Å². The van der Waals surface area contributed by atoms with Crippen molar-refractivity contribution in [3.8, 4) is 5.75 Å². The van der Waals surface area contributed by atoms with E-state index in [1.807, 2.05) is 0 Å². The molecule has 2 rings (SSSR count). The highest BCUT2D eigenvalue weighted by Crippen LogP contribution is 2.21. The minimum absolute atomic E-state index is 0.340. The molecule has 0 saturated carbocycles. The number of aldehydes is 1. The van der Waals surface area contributed by atoms with E-state index in [0.29, 0.717) is 17.7 Å². The lowest BCUT2D eigenvalue weighted by Crippen LogP contribution is -2.33. The third kappa shape index (κ3) is 4.06. The van der Waals surface area contributed by atoms with Gasteiger partial charge in [-0.05, 0) is 30.7 Å². The zero-order valence-corrected chi connectivity index (χ0v) is 9.91. The van der Waals surface area contributed by atoms with E-state index in [9.17, 15) is 9.59 Å². The molecule has 99 valence electrons. The zero-order valence-electron chi connectivity index (χ0n) is 12.9. The molecule has 1 aromatic rings. The first kappa shape index (κ1) is 9.97. The third-order valence-electron chi connectivity index (χ3n) is 2.36. The average Bonchev–Trinajstić information content (AvgIpc) is 2.48. The Labute approximate surface area is 116 Å². The van der Waals surface area contributed by atoms with Crippen molar-refractivity contribution in [2.75, 3.05) is 5.32 Å². The van der Waals surface area contributed by atoms with Gasteiger partial charge in [-0.15, -0.1) is 0 Å². The van der Waals surface area contributed by atoms with Gasteiger partial charge in [0, 0.05) is 29.5 Å². The fraction of sp³-hybridized carbons (Fsp3) is 0.214. The van der Waals surface area contributed by atoms with Crippen LogP contribution in [0.5, 0.6) is 5.75 Å². The van der Waals surface area contributed by atoms with Gasteiger partial charge in [0.1, 0.15) is 18.1 Å². The Balaban J connectivity index is 1.92. The first-order chi connectivity index (χ1) is 10.4. The Morgan fingerprint density at radius 3 is 2.89 bits per heavy atom. The van der Waals surface area contributed by atoms with Crippen LogP contribution in [0.15, 0.2) is 24.3 Å². The minimum atomic E-state index is -2.70. The standard InChI is InChI=1S/C14H14NO4/c1-10(17)15-11-5-7-12(8-6-11)18-14-4-2-3-13(9-16)19-14/h2-9,13-14H,1H3,(H,15,17)/t13?,14-/m1/s1/i1D3. The van der Waals surface area contributed by atoms with Gasteiger partial charge in [-0.1, -0.05) is 0 Å². The highest BCUT2D eigenvalue weighted by Gasteiger charge is 2.23. The summed E-state index contributed by atoms with van der Waals surface area (Å²) in [7, 11) is 0. The van der Waals surface area contributed by atoms with Crippen LogP contribution in [0.25, 0.3) is 0 Å². The Hall–Kier alpha value is -1.88. The summed E-state index contributed by atoms with van der Waals surface area (Å²) < 4.78 is 31.7. The van der Waals surface area contributed by atoms with Crippen LogP contribution in [0.2, 0.25) is 0 Å². The highest BCUT2D eigenvalue weighted by atomic mass is 16.7. The lowest BCUT2D eigenvalue weighted by molar-refractivity contribution is -0.132. The highest BCUT2D eigenvalue weighted by molar-refractivity contribution is 5.88. The zero-order chi connectivity index (χ0) is 16.2. The fourth-order valence-corrected chi connectivity index (χ4v) is 1.54. The van der Waals surface area contributed by atoms with Crippen LogP contribution in [0.3, 0.4) is 0 Å². The Bertz CT molecular complexity index is 530. The molecule has 1 aliphatic heterocycles. The molecule has 1 unspecified atom stereocenters. The number of ether oxygens (including phenoxy) is 2. The number of amides is 1. The molecular formula is C14H14NO4. The van der Waals surface area contributed by atoms with Crippen LogP contribution in [-0.2, 0) is 14.3 Å². The van der Waals surface area contributed by atoms with E-state index in [2.05, 4.69) is 5.32 Å². The quantitative estimate of drug-likeness (QED) is 0.837. The van der Waals surface area contributed by atoms with E-state index < -0.39 is 25.2 Å². The predicted octanol–water partition coefficient (Wildman–Crippen LogP) is 1.56. The van der Waals surface area contributed by atoms with Crippen LogP contribution in [0.4, 0.5) is 5.69 Å². The van der Waals surface area contributed by atoms with Crippen LogP contribution in [0, 0.1) is 19.3 Å². The molecule has 1 N–H and O–H groups in total. The molecule has 3 radical (unpaired) electrons. The molecule has 1 heterocycles. The van der Waals surface area contributed by atoms with Gasteiger partial charge >= 0.3 is 0 Å². The van der Waals surface area contributed by atoms with E-state index in [1.165, 1.54) is 12.1 Å². The molecule has 1 fully saturated rings. The van der Waals surface area contributed by atoms with Crippen molar-refractivity contribution >= 4 is 17.9 Å². The molecule has 0 spiro atoms. The molecular weight excluding hydrogens is 246 g/mol. The van der Waals surface area contributed by atoms with Gasteiger partial charge in [0.25, 0.3) is 0 Å². The SMILES string of the molecule is [2H]C([2H])([2H])C(=O)Nc1ccc(O[C@H]2[CH][CH][CH]C(C=O)O2)cc1. The van der Waals surface area contributed by atoms with Gasteiger partial charge in [0.05, 0.1) is 0 Å². The number of rotatable bonds is 4. The van der Waals surface area contributed by atoms with Gasteiger partial charge < -0.3 is 19.6 Å². The number of anilines is 1. The van der Waals surface area contributed by atoms with E-state index in [4.69, 9.17) is 13.6 Å². The van der Waals surface area contributed by atoms with E-state index in [0.717, 1.165) is 0 Å². The number of carbonyl (C=O) groups excluding carboxylic acids is 2. The number of hydrogen-bond donors (Lipinski definition) is 1. The maximum absolute atomic E-state index is 11.3. The third-order valence-corrected chi connectivity index (χ3v) is 2.36. The predicted molar refractivity (Wildman–Crippen MR) is 69.0 cm³/mol. The van der Waals surface area contributed by atoms with Gasteiger partial charge in [-0.2, -0.15) is 0 Å². The molecule has 5 nitrogen and oxygen atoms in total. The first-order valence-electron chi connectivity index (χ1n) is 7.09. The number of nitrogens with one attached hydrogen (secondary N) is 1. The summed E-state index contributed by atoms with van der Waals surface area (Å²) in [6.45, 7) is -2.70. The van der Waals surface area contributed by atoms with Crippen LogP contribution >= 0.6 is 0 Å². The molecule has 1 saturated heterocycles. The summed E-state index contributed by atoms with van der Waals surface area (Å²) in [4.78, 5) is 22.0. The topological polar surface area (TPSA) is 64.6 Å². The Kier molecular flexibility index (Phi) is 3.33. The monoisotopic (exact) mass is 263 g/mol. The second kappa shape index (κ2) is 6.33. The lowest BCUT2D eigenvalue weighted by Gasteiger charge is -2.26. The maximum Gasteiger partial charge on any atom is 0.221 e. The maximum atomic E-state index is 11.3. The second-order valence-electron chi connectivity index (χ2n) is 3.78. The number of hydrogen-bond acceptors (Lipinski definition) is 4. The molecule has 1 aromatic carbocycles. The van der Waals surface area contributed by atoms with Crippen molar-refractivity contribution in [1.82, 2.24) is 0 Å². The summed E-state index contributed by atoms with van der Waals surface area (Å²) in [5.74, 6) is -0.600. The Morgan fingerprint density at radius 1 is 1.42 bits per heavy atom. The second-order valence-corrected chi connectivity index (χ2v) is 3.78. The molecule has 0 aromatic heterocycles. The number of carbonyl (C=O) groups is 2. The van der Waals surface area contributed by atoms with Crippen molar-refractivity contribution in [3.05, 3.63) is 43.5 Å². The van der Waals surface area contributed by atoms with Crippen molar-refractivity contribution < 1.29 is 23.2 Å². The largest absolute Gasteiger partial charge is 0.465 e. The first-order valence-corrected chi connectivity index (χ1v) is 5.59. The molecule has 1 amide bonds. The van der Waals surface area contributed by atoms with Crippen molar-refractivity contribution in [2.24, 2.45) is 0 Å². The van der Waals surface area contributed by atoms with Crippen LogP contribution in [-0.4, -0.2) is 24.6 Å². The van der Waals surface area contributed by atoms with Crippen molar-refractivity contribution in [3.63, 3.8) is 0 Å². The Morgan fingerprint density at radius 2 is 2.21 bits per heavy atom. The van der Waals surface area contributed by atoms with Crippen LogP contribution in [0.1, 0.15) is 11.0 Å². The van der Waals surface area contributed by atoms with E-state index in [1.54, 1.807) is 31.4 Å². The summed E-state index contributed by atoms with van der Waals surface area (Å²) in [5.41, 5.74) is 0.340. The van der Waals surface area contributed by atoms with Gasteiger partial charge in [-0.3, -0.25) is 4.79 Å². The summed E-state index contributed by atoms with van der Waals surface area (Å²) in [6.07, 6.45) is 4.24. The van der Waals surface area contributed by atoms with Gasteiger partial charge in [0.2, 0.25) is 12.2 Å². The molecule has 19 heavy (non-hydrogen) atoms. The molecule has 2 atom stereocenters. The van der Waals surface area contributed by atoms with Crippen molar-refractivity contribution in [1.29, 1.82) is 0 Å². The molecule has 1 aliphatic rings. The fourth-order valence-electron chi connectivity index (χ4n) is 1.54. The number of benzene rings is 1. The molecule has 0 bridgehead atoms. The van der Waals surface area contributed by atoms with Crippen molar-refractivity contribution in [2.45, 2.75) is 19.2 Å². The van der Waals surface area contributed by atoms with Crippen LogP contribution < -0.4 is 10.1 Å².